The predicted octanol–water partition coefficient (Wildman–Crippen LogP) is 5.80. The van der Waals surface area contributed by atoms with E-state index in [1.807, 2.05) is 0 Å². The molecular formula is C19H19Br2F3O6S. The minimum absolute atomic E-state index is 0.00762. The molecule has 0 saturated heterocycles. The number of carboxylic acid groups (broad SMARTS) is 1. The lowest BCUT2D eigenvalue weighted by molar-refractivity contribution is -0.160. The van der Waals surface area contributed by atoms with Gasteiger partial charge in [0, 0.05) is 21.6 Å². The van der Waals surface area contributed by atoms with E-state index in [1.54, 1.807) is 32.9 Å². The lowest BCUT2D eigenvalue weighted by atomic mass is 9.91. The standard InChI is InChI=1S/C19H19Br2F3O6S/c1-18(2,3)29-16(17(25)26)14-13(9-21)12(8-20)10-6-4-5-7-11(10)15(14)30-31(27,28)19(22,23)24/h4-7,16H,8-9H2,1-3H3,(H,25,26). The smallest absolute Gasteiger partial charge is 0.479 e. The highest BCUT2D eigenvalue weighted by atomic mass is 79.9. The number of rotatable bonds is 7. The van der Waals surface area contributed by atoms with Crippen molar-refractivity contribution in [3.63, 3.8) is 0 Å². The molecule has 2 aromatic carbocycles. The summed E-state index contributed by atoms with van der Waals surface area (Å²) in [5.41, 5.74) is -6.23. The minimum Gasteiger partial charge on any atom is -0.479 e. The molecule has 1 unspecified atom stereocenters. The Labute approximate surface area is 194 Å². The average molecular weight is 592 g/mol. The Morgan fingerprint density at radius 2 is 1.58 bits per heavy atom. The van der Waals surface area contributed by atoms with E-state index in [0.717, 1.165) is 0 Å². The number of fused-ring (bicyclic) bond motifs is 1. The first-order valence-electron chi connectivity index (χ1n) is 8.74. The number of hydrogen-bond donors (Lipinski definition) is 1. The number of benzene rings is 2. The van der Waals surface area contributed by atoms with Gasteiger partial charge in [0.1, 0.15) is 0 Å². The maximum atomic E-state index is 13.1. The van der Waals surface area contributed by atoms with E-state index in [1.165, 1.54) is 12.1 Å². The van der Waals surface area contributed by atoms with E-state index in [2.05, 4.69) is 36.0 Å². The molecule has 0 heterocycles. The summed E-state index contributed by atoms with van der Waals surface area (Å²) in [6, 6.07) is 6.04. The van der Waals surface area contributed by atoms with Crippen LogP contribution in [0.4, 0.5) is 13.2 Å². The van der Waals surface area contributed by atoms with Crippen molar-refractivity contribution in [3.8, 4) is 5.75 Å². The van der Waals surface area contributed by atoms with Gasteiger partial charge in [-0.1, -0.05) is 56.1 Å². The van der Waals surface area contributed by atoms with Gasteiger partial charge in [-0.3, -0.25) is 0 Å². The van der Waals surface area contributed by atoms with E-state index < -0.39 is 39.1 Å². The summed E-state index contributed by atoms with van der Waals surface area (Å²) in [6.07, 6.45) is -1.80. The van der Waals surface area contributed by atoms with Gasteiger partial charge in [-0.15, -0.1) is 0 Å². The van der Waals surface area contributed by atoms with Gasteiger partial charge in [0.2, 0.25) is 0 Å². The highest BCUT2D eigenvalue weighted by molar-refractivity contribution is 9.09. The maximum absolute atomic E-state index is 13.1. The van der Waals surface area contributed by atoms with Crippen molar-refractivity contribution in [1.82, 2.24) is 0 Å². The Morgan fingerprint density at radius 1 is 1.06 bits per heavy atom. The molecule has 1 atom stereocenters. The number of ether oxygens (including phenoxy) is 1. The molecule has 0 spiro atoms. The Bertz CT molecular complexity index is 1090. The molecule has 2 rings (SSSR count). The van der Waals surface area contributed by atoms with Crippen molar-refractivity contribution in [2.45, 2.75) is 48.6 Å². The molecular weight excluding hydrogens is 573 g/mol. The molecule has 2 aromatic rings. The number of carbonyl (C=O) groups is 1. The lowest BCUT2D eigenvalue weighted by Gasteiger charge is -2.29. The van der Waals surface area contributed by atoms with Gasteiger partial charge >= 0.3 is 21.6 Å². The van der Waals surface area contributed by atoms with E-state index in [9.17, 15) is 31.5 Å². The second kappa shape index (κ2) is 9.24. The van der Waals surface area contributed by atoms with Gasteiger partial charge in [-0.25, -0.2) is 4.79 Å². The first kappa shape index (κ1) is 25.9. The summed E-state index contributed by atoms with van der Waals surface area (Å²) < 4.78 is 73.4. The van der Waals surface area contributed by atoms with Crippen LogP contribution in [-0.4, -0.2) is 30.6 Å². The second-order valence-electron chi connectivity index (χ2n) is 7.44. The summed E-state index contributed by atoms with van der Waals surface area (Å²) >= 11 is 6.56. The van der Waals surface area contributed by atoms with Crippen LogP contribution in [0.5, 0.6) is 5.75 Å². The fraction of sp³-hybridized carbons (Fsp3) is 0.421. The first-order chi connectivity index (χ1) is 14.1. The number of halogens is 5. The largest absolute Gasteiger partial charge is 0.534 e. The molecule has 172 valence electrons. The minimum atomic E-state index is -6.09. The van der Waals surface area contributed by atoms with Crippen molar-refractivity contribution in [1.29, 1.82) is 0 Å². The molecule has 1 N–H and O–H groups in total. The summed E-state index contributed by atoms with van der Waals surface area (Å²) in [5.74, 6) is -2.24. The van der Waals surface area contributed by atoms with Crippen LogP contribution in [0.3, 0.4) is 0 Å². The molecule has 0 aromatic heterocycles. The van der Waals surface area contributed by atoms with Gasteiger partial charge in [0.25, 0.3) is 0 Å². The Balaban J connectivity index is 3.04. The third-order valence-electron chi connectivity index (χ3n) is 4.13. The zero-order valence-corrected chi connectivity index (χ0v) is 20.6. The maximum Gasteiger partial charge on any atom is 0.534 e. The predicted molar refractivity (Wildman–Crippen MR) is 116 cm³/mol. The lowest BCUT2D eigenvalue weighted by Crippen LogP contribution is -2.31. The molecule has 0 amide bonds. The molecule has 0 aliphatic carbocycles. The second-order valence-corrected chi connectivity index (χ2v) is 10.1. The van der Waals surface area contributed by atoms with Crippen molar-refractivity contribution in [2.75, 3.05) is 0 Å². The van der Waals surface area contributed by atoms with Gasteiger partial charge in [0.05, 0.1) is 5.60 Å². The van der Waals surface area contributed by atoms with E-state index >= 15 is 0 Å². The molecule has 31 heavy (non-hydrogen) atoms. The van der Waals surface area contributed by atoms with Crippen LogP contribution in [0.25, 0.3) is 10.8 Å². The Kier molecular flexibility index (Phi) is 7.72. The van der Waals surface area contributed by atoms with Gasteiger partial charge in [0.15, 0.2) is 11.9 Å². The third kappa shape index (κ3) is 5.52. The third-order valence-corrected chi connectivity index (χ3v) is 6.21. The van der Waals surface area contributed by atoms with Crippen LogP contribution in [0.2, 0.25) is 0 Å². The first-order valence-corrected chi connectivity index (χ1v) is 12.4. The summed E-state index contributed by atoms with van der Waals surface area (Å²) in [4.78, 5) is 12.1. The van der Waals surface area contributed by atoms with Gasteiger partial charge < -0.3 is 14.0 Å². The number of aliphatic carboxylic acids is 1. The normalized spacial score (nSPS) is 13.9. The van der Waals surface area contributed by atoms with Crippen LogP contribution < -0.4 is 4.18 Å². The van der Waals surface area contributed by atoms with Crippen LogP contribution in [0.15, 0.2) is 24.3 Å². The highest BCUT2D eigenvalue weighted by Gasteiger charge is 2.49. The number of alkyl halides is 5. The topological polar surface area (TPSA) is 89.9 Å². The fourth-order valence-electron chi connectivity index (χ4n) is 2.97. The molecule has 12 heteroatoms. The summed E-state index contributed by atoms with van der Waals surface area (Å²) in [7, 11) is -6.09. The molecule has 0 bridgehead atoms. The van der Waals surface area contributed by atoms with Crippen molar-refractivity contribution >= 4 is 58.7 Å². The SMILES string of the molecule is CC(C)(C)OC(C(=O)O)c1c(CBr)c(CBr)c2ccccc2c1OS(=O)(=O)C(F)(F)F. The molecule has 0 saturated carbocycles. The Morgan fingerprint density at radius 3 is 2.00 bits per heavy atom. The quantitative estimate of drug-likeness (QED) is 0.249. The van der Waals surface area contributed by atoms with E-state index in [-0.39, 0.29) is 27.2 Å². The summed E-state index contributed by atoms with van der Waals surface area (Å²) in [6.45, 7) is 4.70. The van der Waals surface area contributed by atoms with Crippen molar-refractivity contribution in [3.05, 3.63) is 41.0 Å². The van der Waals surface area contributed by atoms with Crippen molar-refractivity contribution < 1.29 is 40.4 Å². The van der Waals surface area contributed by atoms with Gasteiger partial charge in [-0.05, 0) is 37.3 Å². The summed E-state index contributed by atoms with van der Waals surface area (Å²) in [5, 5.41) is 10.5. The highest BCUT2D eigenvalue weighted by Crippen LogP contribution is 2.45. The molecule has 0 aliphatic heterocycles. The van der Waals surface area contributed by atoms with Crippen LogP contribution >= 0.6 is 31.9 Å². The molecule has 0 fully saturated rings. The van der Waals surface area contributed by atoms with Crippen LogP contribution in [0.1, 0.15) is 43.6 Å². The van der Waals surface area contributed by atoms with E-state index in [0.29, 0.717) is 10.9 Å². The fourth-order valence-corrected chi connectivity index (χ4v) is 4.74. The van der Waals surface area contributed by atoms with Crippen LogP contribution in [0, 0.1) is 0 Å². The van der Waals surface area contributed by atoms with E-state index in [4.69, 9.17) is 4.74 Å². The Hall–Kier alpha value is -1.37. The number of carboxylic acids is 1. The number of hydrogen-bond acceptors (Lipinski definition) is 5. The zero-order valence-electron chi connectivity index (χ0n) is 16.6. The van der Waals surface area contributed by atoms with Crippen molar-refractivity contribution in [2.24, 2.45) is 0 Å². The average Bonchev–Trinajstić information content (AvgIpc) is 2.63. The van der Waals surface area contributed by atoms with Gasteiger partial charge in [-0.2, -0.15) is 21.6 Å². The molecule has 0 radical (unpaired) electrons. The molecule has 0 aliphatic rings. The van der Waals surface area contributed by atoms with Crippen LogP contribution in [-0.2, 0) is 30.3 Å². The monoisotopic (exact) mass is 590 g/mol. The zero-order chi connectivity index (χ0) is 23.8. The molecule has 6 nitrogen and oxygen atoms in total.